The Labute approximate surface area is 127 Å². The first-order valence-corrected chi connectivity index (χ1v) is 7.83. The number of aryl methyl sites for hydroxylation is 1. The van der Waals surface area contributed by atoms with Crippen molar-refractivity contribution in [2.24, 2.45) is 0 Å². The Bertz CT molecular complexity index is 507. The average molecular weight is 283 g/mol. The monoisotopic (exact) mass is 283 g/mol. The van der Waals surface area contributed by atoms with Crippen molar-refractivity contribution in [2.45, 2.75) is 38.6 Å². The summed E-state index contributed by atoms with van der Waals surface area (Å²) in [6.07, 6.45) is 4.38. The Hall–Kier alpha value is -1.80. The lowest BCUT2D eigenvalue weighted by molar-refractivity contribution is 0.470. The molecule has 0 saturated heterocycles. The predicted octanol–water partition coefficient (Wildman–Crippen LogP) is 3.94. The van der Waals surface area contributed by atoms with Gasteiger partial charge in [0.05, 0.1) is 0 Å². The molecule has 2 aromatic rings. The minimum atomic E-state index is 0.334. The fourth-order valence-electron chi connectivity index (χ4n) is 2.53. The van der Waals surface area contributed by atoms with Crippen molar-refractivity contribution in [3.8, 4) is 5.75 Å². The van der Waals surface area contributed by atoms with Crippen molar-refractivity contribution < 1.29 is 5.11 Å². The Balaban J connectivity index is 1.92. The number of hydrogen-bond donors (Lipinski definition) is 2. The molecule has 0 spiro atoms. The minimum absolute atomic E-state index is 0.334. The van der Waals surface area contributed by atoms with E-state index in [0.29, 0.717) is 11.8 Å². The second kappa shape index (κ2) is 8.48. The van der Waals surface area contributed by atoms with E-state index >= 15 is 0 Å². The SMILES string of the molecule is CCCNC(CCc1ccccc1)Cc1ccc(O)cc1. The molecule has 0 aromatic heterocycles. The van der Waals surface area contributed by atoms with Crippen molar-refractivity contribution in [3.63, 3.8) is 0 Å². The molecule has 1 unspecified atom stereocenters. The summed E-state index contributed by atoms with van der Waals surface area (Å²) in [5.41, 5.74) is 2.67. The van der Waals surface area contributed by atoms with E-state index in [9.17, 15) is 5.11 Å². The molecule has 1 atom stereocenters. The predicted molar refractivity (Wildman–Crippen MR) is 88.7 cm³/mol. The molecular formula is C19H25NO. The van der Waals surface area contributed by atoms with Crippen LogP contribution in [0.3, 0.4) is 0 Å². The van der Waals surface area contributed by atoms with Gasteiger partial charge in [0, 0.05) is 6.04 Å². The van der Waals surface area contributed by atoms with Crippen LogP contribution in [0.5, 0.6) is 5.75 Å². The molecule has 0 aliphatic heterocycles. The molecule has 0 fully saturated rings. The zero-order chi connectivity index (χ0) is 14.9. The van der Waals surface area contributed by atoms with E-state index in [1.54, 1.807) is 12.1 Å². The molecule has 0 bridgehead atoms. The lowest BCUT2D eigenvalue weighted by Gasteiger charge is -2.19. The molecule has 2 aromatic carbocycles. The van der Waals surface area contributed by atoms with E-state index in [1.807, 2.05) is 12.1 Å². The molecule has 2 rings (SSSR count). The first kappa shape index (κ1) is 15.6. The van der Waals surface area contributed by atoms with E-state index in [0.717, 1.165) is 32.2 Å². The van der Waals surface area contributed by atoms with Gasteiger partial charge >= 0.3 is 0 Å². The van der Waals surface area contributed by atoms with Gasteiger partial charge in [0.1, 0.15) is 5.75 Å². The summed E-state index contributed by atoms with van der Waals surface area (Å²) < 4.78 is 0. The number of rotatable bonds is 8. The number of phenolic OH excluding ortho intramolecular Hbond substituents is 1. The third-order valence-electron chi connectivity index (χ3n) is 3.73. The molecule has 2 heteroatoms. The molecule has 0 heterocycles. The third kappa shape index (κ3) is 5.60. The minimum Gasteiger partial charge on any atom is -0.508 e. The van der Waals surface area contributed by atoms with Gasteiger partial charge in [-0.05, 0) is 55.5 Å². The second-order valence-corrected chi connectivity index (χ2v) is 5.55. The van der Waals surface area contributed by atoms with Crippen LogP contribution in [0.2, 0.25) is 0 Å². The summed E-state index contributed by atoms with van der Waals surface area (Å²) in [6.45, 7) is 3.25. The van der Waals surface area contributed by atoms with Crippen molar-refractivity contribution >= 4 is 0 Å². The van der Waals surface area contributed by atoms with Crippen LogP contribution in [0.15, 0.2) is 54.6 Å². The van der Waals surface area contributed by atoms with Crippen LogP contribution in [-0.4, -0.2) is 17.7 Å². The summed E-state index contributed by atoms with van der Waals surface area (Å²) in [6, 6.07) is 18.7. The molecule has 0 saturated carbocycles. The maximum absolute atomic E-state index is 9.37. The van der Waals surface area contributed by atoms with Gasteiger partial charge < -0.3 is 10.4 Å². The molecule has 2 N–H and O–H groups in total. The molecular weight excluding hydrogens is 258 g/mol. The summed E-state index contributed by atoms with van der Waals surface area (Å²) in [5, 5.41) is 13.0. The Kier molecular flexibility index (Phi) is 6.29. The average Bonchev–Trinajstić information content (AvgIpc) is 2.53. The highest BCUT2D eigenvalue weighted by molar-refractivity contribution is 5.26. The maximum Gasteiger partial charge on any atom is 0.115 e. The fourth-order valence-corrected chi connectivity index (χ4v) is 2.53. The van der Waals surface area contributed by atoms with E-state index in [-0.39, 0.29) is 0 Å². The smallest absolute Gasteiger partial charge is 0.115 e. The topological polar surface area (TPSA) is 32.3 Å². The van der Waals surface area contributed by atoms with Crippen molar-refractivity contribution in [1.82, 2.24) is 5.32 Å². The van der Waals surface area contributed by atoms with Crippen molar-refractivity contribution in [2.75, 3.05) is 6.54 Å². The van der Waals surface area contributed by atoms with Crippen LogP contribution in [0.4, 0.5) is 0 Å². The molecule has 0 aliphatic carbocycles. The van der Waals surface area contributed by atoms with E-state index in [1.165, 1.54) is 11.1 Å². The lowest BCUT2D eigenvalue weighted by Crippen LogP contribution is -2.32. The normalized spacial score (nSPS) is 12.2. The number of phenols is 1. The number of aromatic hydroxyl groups is 1. The van der Waals surface area contributed by atoms with Crippen LogP contribution in [-0.2, 0) is 12.8 Å². The van der Waals surface area contributed by atoms with Crippen molar-refractivity contribution in [3.05, 3.63) is 65.7 Å². The number of benzene rings is 2. The molecule has 0 radical (unpaired) electrons. The van der Waals surface area contributed by atoms with Gasteiger partial charge in [-0.15, -0.1) is 0 Å². The van der Waals surface area contributed by atoms with E-state index < -0.39 is 0 Å². The van der Waals surface area contributed by atoms with Gasteiger partial charge in [0.15, 0.2) is 0 Å². The standard InChI is InChI=1S/C19H25NO/c1-2-14-20-18(11-8-16-6-4-3-5-7-16)15-17-9-12-19(21)13-10-17/h3-7,9-10,12-13,18,20-21H,2,8,11,14-15H2,1H3. The molecule has 2 nitrogen and oxygen atoms in total. The van der Waals surface area contributed by atoms with Crippen LogP contribution in [0.1, 0.15) is 30.9 Å². The quantitative estimate of drug-likeness (QED) is 0.769. The number of hydrogen-bond acceptors (Lipinski definition) is 2. The number of nitrogens with one attached hydrogen (secondary N) is 1. The zero-order valence-corrected chi connectivity index (χ0v) is 12.8. The largest absolute Gasteiger partial charge is 0.508 e. The molecule has 0 amide bonds. The molecule has 112 valence electrons. The highest BCUT2D eigenvalue weighted by atomic mass is 16.3. The summed E-state index contributed by atoms with van der Waals surface area (Å²) in [4.78, 5) is 0. The highest BCUT2D eigenvalue weighted by Gasteiger charge is 2.09. The fraction of sp³-hybridized carbons (Fsp3) is 0.368. The van der Waals surface area contributed by atoms with Gasteiger partial charge in [-0.2, -0.15) is 0 Å². The van der Waals surface area contributed by atoms with Crippen LogP contribution in [0, 0.1) is 0 Å². The molecule has 21 heavy (non-hydrogen) atoms. The van der Waals surface area contributed by atoms with Gasteiger partial charge in [0.2, 0.25) is 0 Å². The first-order chi connectivity index (χ1) is 10.3. The Morgan fingerprint density at radius 3 is 2.33 bits per heavy atom. The third-order valence-corrected chi connectivity index (χ3v) is 3.73. The lowest BCUT2D eigenvalue weighted by atomic mass is 9.99. The second-order valence-electron chi connectivity index (χ2n) is 5.55. The van der Waals surface area contributed by atoms with Crippen LogP contribution in [0.25, 0.3) is 0 Å². The van der Waals surface area contributed by atoms with Gasteiger partial charge in [-0.1, -0.05) is 49.4 Å². The van der Waals surface area contributed by atoms with Gasteiger partial charge in [-0.3, -0.25) is 0 Å². The molecule has 0 aliphatic rings. The van der Waals surface area contributed by atoms with Crippen LogP contribution >= 0.6 is 0 Å². The van der Waals surface area contributed by atoms with Gasteiger partial charge in [-0.25, -0.2) is 0 Å². The van der Waals surface area contributed by atoms with E-state index in [2.05, 4.69) is 42.6 Å². The van der Waals surface area contributed by atoms with E-state index in [4.69, 9.17) is 0 Å². The Morgan fingerprint density at radius 1 is 0.952 bits per heavy atom. The summed E-state index contributed by atoms with van der Waals surface area (Å²) in [7, 11) is 0. The summed E-state index contributed by atoms with van der Waals surface area (Å²) in [5.74, 6) is 0.334. The van der Waals surface area contributed by atoms with Crippen LogP contribution < -0.4 is 5.32 Å². The summed E-state index contributed by atoms with van der Waals surface area (Å²) >= 11 is 0. The van der Waals surface area contributed by atoms with Crippen molar-refractivity contribution in [1.29, 1.82) is 0 Å². The Morgan fingerprint density at radius 2 is 1.67 bits per heavy atom. The maximum atomic E-state index is 9.37. The zero-order valence-electron chi connectivity index (χ0n) is 12.8. The highest BCUT2D eigenvalue weighted by Crippen LogP contribution is 2.14. The van der Waals surface area contributed by atoms with Gasteiger partial charge in [0.25, 0.3) is 0 Å². The first-order valence-electron chi connectivity index (χ1n) is 7.83.